The average Bonchev–Trinajstić information content (AvgIpc) is 2.98. The molecule has 0 radical (unpaired) electrons. The van der Waals surface area contributed by atoms with E-state index < -0.39 is 23.0 Å². The zero-order chi connectivity index (χ0) is 29.2. The molecule has 4 aromatic rings. The first-order valence-corrected chi connectivity index (χ1v) is 13.6. The predicted molar refractivity (Wildman–Crippen MR) is 162 cm³/mol. The Hall–Kier alpha value is -5.15. The van der Waals surface area contributed by atoms with Crippen LogP contribution >= 0.6 is 11.8 Å². The van der Waals surface area contributed by atoms with Crippen LogP contribution in [0.5, 0.6) is 0 Å². The summed E-state index contributed by atoms with van der Waals surface area (Å²) in [4.78, 5) is 51.4. The summed E-state index contributed by atoms with van der Waals surface area (Å²) in [5.74, 6) is -1.86. The Morgan fingerprint density at radius 2 is 1.44 bits per heavy atom. The van der Waals surface area contributed by atoms with Gasteiger partial charge in [-0.2, -0.15) is 0 Å². The highest BCUT2D eigenvalue weighted by atomic mass is 32.2. The van der Waals surface area contributed by atoms with Crippen LogP contribution < -0.4 is 21.7 Å². The molecule has 0 saturated carbocycles. The maximum Gasteiger partial charge on any atom is 0.272 e. The summed E-state index contributed by atoms with van der Waals surface area (Å²) in [5.41, 5.74) is 7.70. The summed E-state index contributed by atoms with van der Waals surface area (Å²) in [6, 6.07) is 31.4. The maximum absolute atomic E-state index is 13.3. The van der Waals surface area contributed by atoms with Crippen molar-refractivity contribution < 1.29 is 19.2 Å². The van der Waals surface area contributed by atoms with Gasteiger partial charge in [-0.25, -0.2) is 0 Å². The van der Waals surface area contributed by atoms with E-state index in [9.17, 15) is 19.2 Å². The second-order valence-electron chi connectivity index (χ2n) is 8.93. The van der Waals surface area contributed by atoms with Crippen LogP contribution in [0.3, 0.4) is 0 Å². The van der Waals surface area contributed by atoms with Crippen molar-refractivity contribution in [3.05, 3.63) is 132 Å². The monoisotopic (exact) mass is 564 g/mol. The number of primary amides is 1. The summed E-state index contributed by atoms with van der Waals surface area (Å²) in [7, 11) is 0. The largest absolute Gasteiger partial charge is 0.366 e. The van der Waals surface area contributed by atoms with E-state index in [0.717, 1.165) is 10.5 Å². The molecule has 1 atom stereocenters. The second-order valence-corrected chi connectivity index (χ2v) is 10.3. The third-order valence-corrected chi connectivity index (χ3v) is 6.96. The van der Waals surface area contributed by atoms with E-state index in [1.165, 1.54) is 11.8 Å². The minimum Gasteiger partial charge on any atom is -0.366 e. The number of hydrogen-bond acceptors (Lipinski definition) is 5. The molecule has 8 nitrogen and oxygen atoms in total. The van der Waals surface area contributed by atoms with Gasteiger partial charge < -0.3 is 21.7 Å². The van der Waals surface area contributed by atoms with Gasteiger partial charge in [0.05, 0.1) is 16.5 Å². The fourth-order valence-electron chi connectivity index (χ4n) is 3.80. The van der Waals surface area contributed by atoms with Gasteiger partial charge in [0.15, 0.2) is 0 Å². The lowest BCUT2D eigenvalue weighted by Crippen LogP contribution is -2.30. The minimum atomic E-state index is -0.634. The van der Waals surface area contributed by atoms with E-state index in [0.29, 0.717) is 16.9 Å². The molecule has 4 amide bonds. The van der Waals surface area contributed by atoms with Crippen LogP contribution in [0.15, 0.2) is 120 Å². The molecule has 4 rings (SSSR count). The standard InChI is InChI=1S/C32H28N4O4S/c1-21(30(38)35-27-18-9-8-17-26(27)29(33)37)41-25-16-10-15-24(20-25)34-32(40)28(19-22-11-4-2-5-12-22)36-31(39)23-13-6-3-7-14-23/h2-21H,1H3,(H2,33,37)(H,34,40)(H,35,38)(H,36,39)/b28-19+. The molecule has 0 aliphatic heterocycles. The molecule has 0 heterocycles. The summed E-state index contributed by atoms with van der Waals surface area (Å²) in [6.07, 6.45) is 1.60. The number of carbonyl (C=O) groups is 4. The SMILES string of the molecule is CC(Sc1cccc(NC(=O)/C(=C\c2ccccc2)NC(=O)c2ccccc2)c1)C(=O)Nc1ccccc1C(N)=O. The van der Waals surface area contributed by atoms with Crippen LogP contribution in [0.4, 0.5) is 11.4 Å². The van der Waals surface area contributed by atoms with Crippen molar-refractivity contribution in [3.63, 3.8) is 0 Å². The van der Waals surface area contributed by atoms with Gasteiger partial charge in [0.2, 0.25) is 5.91 Å². The highest BCUT2D eigenvalue weighted by Gasteiger charge is 2.19. The van der Waals surface area contributed by atoms with Crippen molar-refractivity contribution >= 4 is 52.8 Å². The molecule has 0 spiro atoms. The zero-order valence-electron chi connectivity index (χ0n) is 22.2. The van der Waals surface area contributed by atoms with Gasteiger partial charge in [0.25, 0.3) is 17.7 Å². The number of rotatable bonds is 10. The molecule has 0 aromatic heterocycles. The number of nitrogens with two attached hydrogens (primary N) is 1. The molecule has 41 heavy (non-hydrogen) atoms. The van der Waals surface area contributed by atoms with Gasteiger partial charge in [-0.05, 0) is 61.0 Å². The fraction of sp³-hybridized carbons (Fsp3) is 0.0625. The van der Waals surface area contributed by atoms with E-state index in [-0.39, 0.29) is 17.2 Å². The van der Waals surface area contributed by atoms with Gasteiger partial charge in [0, 0.05) is 16.1 Å². The lowest BCUT2D eigenvalue weighted by atomic mass is 10.1. The molecule has 0 fully saturated rings. The first-order chi connectivity index (χ1) is 19.8. The quantitative estimate of drug-likeness (QED) is 0.153. The van der Waals surface area contributed by atoms with E-state index >= 15 is 0 Å². The van der Waals surface area contributed by atoms with E-state index in [4.69, 9.17) is 5.73 Å². The van der Waals surface area contributed by atoms with Crippen LogP contribution in [0.1, 0.15) is 33.2 Å². The number of nitrogens with one attached hydrogen (secondary N) is 3. The molecule has 0 bridgehead atoms. The van der Waals surface area contributed by atoms with Gasteiger partial charge >= 0.3 is 0 Å². The van der Waals surface area contributed by atoms with E-state index in [1.54, 1.807) is 85.8 Å². The lowest BCUT2D eigenvalue weighted by molar-refractivity contribution is -0.115. The Morgan fingerprint density at radius 3 is 2.15 bits per heavy atom. The molecule has 5 N–H and O–H groups in total. The van der Waals surface area contributed by atoms with E-state index in [2.05, 4.69) is 16.0 Å². The van der Waals surface area contributed by atoms with Crippen molar-refractivity contribution in [3.8, 4) is 0 Å². The highest BCUT2D eigenvalue weighted by Crippen LogP contribution is 2.27. The predicted octanol–water partition coefficient (Wildman–Crippen LogP) is 5.31. The van der Waals surface area contributed by atoms with Gasteiger partial charge in [-0.1, -0.05) is 66.7 Å². The summed E-state index contributed by atoms with van der Waals surface area (Å²) in [5, 5.41) is 7.78. The molecule has 0 aliphatic rings. The molecule has 206 valence electrons. The van der Waals surface area contributed by atoms with Crippen LogP contribution in [-0.4, -0.2) is 28.9 Å². The highest BCUT2D eigenvalue weighted by molar-refractivity contribution is 8.00. The van der Waals surface area contributed by atoms with Crippen molar-refractivity contribution in [1.29, 1.82) is 0 Å². The summed E-state index contributed by atoms with van der Waals surface area (Å²) in [6.45, 7) is 1.73. The second kappa shape index (κ2) is 13.8. The molecule has 9 heteroatoms. The third-order valence-electron chi connectivity index (χ3n) is 5.86. The molecule has 1 unspecified atom stereocenters. The summed E-state index contributed by atoms with van der Waals surface area (Å²) >= 11 is 1.28. The van der Waals surface area contributed by atoms with Crippen LogP contribution in [0.25, 0.3) is 6.08 Å². The molecule has 0 aliphatic carbocycles. The first kappa shape index (κ1) is 28.8. The number of para-hydroxylation sites is 1. The minimum absolute atomic E-state index is 0.0731. The smallest absolute Gasteiger partial charge is 0.272 e. The fourth-order valence-corrected chi connectivity index (χ4v) is 4.73. The van der Waals surface area contributed by atoms with Crippen LogP contribution in [-0.2, 0) is 9.59 Å². The van der Waals surface area contributed by atoms with Gasteiger partial charge in [0.1, 0.15) is 5.70 Å². The van der Waals surface area contributed by atoms with Crippen molar-refractivity contribution in [2.45, 2.75) is 17.1 Å². The van der Waals surface area contributed by atoms with Crippen molar-refractivity contribution in [2.24, 2.45) is 5.73 Å². The number of carbonyl (C=O) groups excluding carboxylic acids is 4. The Bertz CT molecular complexity index is 1590. The van der Waals surface area contributed by atoms with Crippen LogP contribution in [0, 0.1) is 0 Å². The number of thioether (sulfide) groups is 1. The molecule has 4 aromatic carbocycles. The summed E-state index contributed by atoms with van der Waals surface area (Å²) < 4.78 is 0. The Balaban J connectivity index is 1.47. The molecular weight excluding hydrogens is 536 g/mol. The number of hydrogen-bond donors (Lipinski definition) is 4. The maximum atomic E-state index is 13.3. The Kier molecular flexibility index (Phi) is 9.69. The van der Waals surface area contributed by atoms with Gasteiger partial charge in [-0.3, -0.25) is 19.2 Å². The lowest BCUT2D eigenvalue weighted by Gasteiger charge is -2.15. The Labute approximate surface area is 242 Å². The Morgan fingerprint density at radius 1 is 0.780 bits per heavy atom. The average molecular weight is 565 g/mol. The van der Waals surface area contributed by atoms with Gasteiger partial charge in [-0.15, -0.1) is 11.8 Å². The number of benzene rings is 4. The molecule has 0 saturated heterocycles. The van der Waals surface area contributed by atoms with Crippen molar-refractivity contribution in [1.82, 2.24) is 5.32 Å². The molecular formula is C32H28N4O4S. The first-order valence-electron chi connectivity index (χ1n) is 12.7. The van der Waals surface area contributed by atoms with Crippen molar-refractivity contribution in [2.75, 3.05) is 10.6 Å². The normalized spacial score (nSPS) is 11.7. The number of anilines is 2. The zero-order valence-corrected chi connectivity index (χ0v) is 23.0. The third kappa shape index (κ3) is 8.17. The number of amides is 4. The van der Waals surface area contributed by atoms with E-state index in [1.807, 2.05) is 36.4 Å². The topological polar surface area (TPSA) is 130 Å². The van der Waals surface area contributed by atoms with Crippen LogP contribution in [0.2, 0.25) is 0 Å².